The molecule has 3 aromatic rings. The number of hydrogen-bond donors (Lipinski definition) is 2. The van der Waals surface area contributed by atoms with Crippen molar-refractivity contribution in [1.82, 2.24) is 5.32 Å². The average molecular weight is 481 g/mol. The fourth-order valence-corrected chi connectivity index (χ4v) is 5.18. The predicted octanol–water partition coefficient (Wildman–Crippen LogP) is 5.17. The summed E-state index contributed by atoms with van der Waals surface area (Å²) in [6.45, 7) is 8.56. The van der Waals surface area contributed by atoms with Gasteiger partial charge in [0.05, 0.1) is 11.5 Å². The van der Waals surface area contributed by atoms with Crippen LogP contribution in [-0.4, -0.2) is 27.5 Å². The molecule has 6 nitrogen and oxygen atoms in total. The largest absolute Gasteiger partial charge is 0.494 e. The number of aryl methyl sites for hydroxylation is 4. The van der Waals surface area contributed by atoms with E-state index in [4.69, 9.17) is 4.74 Å². The van der Waals surface area contributed by atoms with Crippen molar-refractivity contribution in [2.24, 2.45) is 0 Å². The van der Waals surface area contributed by atoms with Gasteiger partial charge in [-0.25, -0.2) is 8.42 Å². The quantitative estimate of drug-likeness (QED) is 0.392. The summed E-state index contributed by atoms with van der Waals surface area (Å²) in [4.78, 5) is 12.8. The number of amides is 1. The monoisotopic (exact) mass is 480 g/mol. The first-order valence-corrected chi connectivity index (χ1v) is 12.9. The summed E-state index contributed by atoms with van der Waals surface area (Å²) in [5, 5.41) is 2.89. The van der Waals surface area contributed by atoms with Crippen molar-refractivity contribution in [2.45, 2.75) is 45.4 Å². The minimum Gasteiger partial charge on any atom is -0.494 e. The van der Waals surface area contributed by atoms with Crippen LogP contribution in [-0.2, 0) is 16.4 Å². The Balaban J connectivity index is 1.66. The van der Waals surface area contributed by atoms with Crippen LogP contribution in [0.2, 0.25) is 0 Å². The second kappa shape index (κ2) is 11.2. The van der Waals surface area contributed by atoms with Gasteiger partial charge in [-0.3, -0.25) is 9.52 Å². The topological polar surface area (TPSA) is 84.5 Å². The van der Waals surface area contributed by atoms with Gasteiger partial charge in [0, 0.05) is 17.8 Å². The molecule has 0 aliphatic rings. The lowest BCUT2D eigenvalue weighted by molar-refractivity contribution is 0.0953. The van der Waals surface area contributed by atoms with E-state index in [9.17, 15) is 13.2 Å². The first kappa shape index (κ1) is 25.3. The van der Waals surface area contributed by atoms with Gasteiger partial charge in [0.2, 0.25) is 0 Å². The van der Waals surface area contributed by atoms with Crippen molar-refractivity contribution in [2.75, 3.05) is 17.9 Å². The van der Waals surface area contributed by atoms with E-state index in [1.54, 1.807) is 31.2 Å². The van der Waals surface area contributed by atoms with Crippen LogP contribution in [0.25, 0.3) is 0 Å². The van der Waals surface area contributed by atoms with Gasteiger partial charge in [0.25, 0.3) is 15.9 Å². The Bertz CT molecular complexity index is 1250. The SMILES string of the molecule is CCOc1ccccc1CCCNC(=O)c1ccc(C)c(S(=O)(=O)Nc2cc(C)cc(C)c2)c1. The Kier molecular flexibility index (Phi) is 8.34. The molecule has 34 heavy (non-hydrogen) atoms. The van der Waals surface area contributed by atoms with E-state index >= 15 is 0 Å². The van der Waals surface area contributed by atoms with Gasteiger partial charge in [-0.1, -0.05) is 30.3 Å². The number of sulfonamides is 1. The van der Waals surface area contributed by atoms with E-state index in [1.165, 1.54) is 6.07 Å². The molecule has 3 rings (SSSR count). The van der Waals surface area contributed by atoms with Crippen molar-refractivity contribution in [3.05, 3.63) is 88.5 Å². The van der Waals surface area contributed by atoms with Gasteiger partial charge in [-0.15, -0.1) is 0 Å². The van der Waals surface area contributed by atoms with Gasteiger partial charge in [0.15, 0.2) is 0 Å². The number of benzene rings is 3. The maximum Gasteiger partial charge on any atom is 0.262 e. The minimum absolute atomic E-state index is 0.0879. The van der Waals surface area contributed by atoms with Crippen molar-refractivity contribution in [3.63, 3.8) is 0 Å². The molecule has 0 saturated heterocycles. The molecule has 2 N–H and O–H groups in total. The third-order valence-corrected chi connectivity index (χ3v) is 6.92. The van der Waals surface area contributed by atoms with Crippen molar-refractivity contribution < 1.29 is 17.9 Å². The molecule has 0 aliphatic heterocycles. The molecule has 0 radical (unpaired) electrons. The van der Waals surface area contributed by atoms with E-state index in [0.29, 0.717) is 30.0 Å². The summed E-state index contributed by atoms with van der Waals surface area (Å²) in [5.41, 5.74) is 4.40. The van der Waals surface area contributed by atoms with Crippen LogP contribution >= 0.6 is 0 Å². The molecule has 0 aromatic heterocycles. The summed E-state index contributed by atoms with van der Waals surface area (Å²) in [5.74, 6) is 0.557. The van der Waals surface area contributed by atoms with E-state index in [1.807, 2.05) is 51.1 Å². The summed E-state index contributed by atoms with van der Waals surface area (Å²) >= 11 is 0. The molecule has 0 atom stereocenters. The highest BCUT2D eigenvalue weighted by molar-refractivity contribution is 7.92. The zero-order chi connectivity index (χ0) is 24.7. The van der Waals surface area contributed by atoms with Gasteiger partial charge in [-0.2, -0.15) is 0 Å². The van der Waals surface area contributed by atoms with Gasteiger partial charge in [0.1, 0.15) is 5.75 Å². The van der Waals surface area contributed by atoms with Crippen LogP contribution in [0.3, 0.4) is 0 Å². The lowest BCUT2D eigenvalue weighted by Gasteiger charge is -2.13. The lowest BCUT2D eigenvalue weighted by Crippen LogP contribution is -2.25. The highest BCUT2D eigenvalue weighted by Gasteiger charge is 2.19. The summed E-state index contributed by atoms with van der Waals surface area (Å²) in [7, 11) is -3.85. The fraction of sp³-hybridized carbons (Fsp3) is 0.296. The molecule has 0 unspecified atom stereocenters. The zero-order valence-electron chi connectivity index (χ0n) is 20.1. The molecule has 1 amide bonds. The normalized spacial score (nSPS) is 11.2. The van der Waals surface area contributed by atoms with Gasteiger partial charge >= 0.3 is 0 Å². The molecule has 0 aliphatic carbocycles. The van der Waals surface area contributed by atoms with Crippen molar-refractivity contribution in [1.29, 1.82) is 0 Å². The summed E-state index contributed by atoms with van der Waals surface area (Å²) in [6, 6.07) is 18.1. The van der Waals surface area contributed by atoms with Crippen LogP contribution in [0.5, 0.6) is 5.75 Å². The van der Waals surface area contributed by atoms with Crippen LogP contribution in [0.1, 0.15) is 46.0 Å². The average Bonchev–Trinajstić information content (AvgIpc) is 2.77. The second-order valence-corrected chi connectivity index (χ2v) is 10.0. The minimum atomic E-state index is -3.85. The molecule has 7 heteroatoms. The third-order valence-electron chi connectivity index (χ3n) is 5.39. The van der Waals surface area contributed by atoms with Crippen LogP contribution in [0.4, 0.5) is 5.69 Å². The Morgan fingerprint density at radius 3 is 2.35 bits per heavy atom. The fourth-order valence-electron chi connectivity index (χ4n) is 3.86. The molecule has 0 spiro atoms. The van der Waals surface area contributed by atoms with Crippen LogP contribution < -0.4 is 14.8 Å². The zero-order valence-corrected chi connectivity index (χ0v) is 21.0. The maximum absolute atomic E-state index is 13.1. The number of nitrogens with one attached hydrogen (secondary N) is 2. The summed E-state index contributed by atoms with van der Waals surface area (Å²) in [6.07, 6.45) is 1.50. The van der Waals surface area contributed by atoms with E-state index in [0.717, 1.165) is 35.3 Å². The van der Waals surface area contributed by atoms with Crippen molar-refractivity contribution >= 4 is 21.6 Å². The number of hydrogen-bond acceptors (Lipinski definition) is 4. The van der Waals surface area contributed by atoms with E-state index in [2.05, 4.69) is 10.0 Å². The first-order chi connectivity index (χ1) is 16.2. The second-order valence-electron chi connectivity index (χ2n) is 8.36. The number of carbonyl (C=O) groups is 1. The molecule has 0 heterocycles. The number of carbonyl (C=O) groups excluding carboxylic acids is 1. The molecule has 0 bridgehead atoms. The van der Waals surface area contributed by atoms with E-state index in [-0.39, 0.29) is 10.8 Å². The van der Waals surface area contributed by atoms with Crippen molar-refractivity contribution in [3.8, 4) is 5.75 Å². The molecule has 0 saturated carbocycles. The number of ether oxygens (including phenoxy) is 1. The number of anilines is 1. The van der Waals surface area contributed by atoms with Gasteiger partial charge in [-0.05, 0) is 93.1 Å². The molecule has 0 fully saturated rings. The molecule has 180 valence electrons. The number of para-hydroxylation sites is 1. The van der Waals surface area contributed by atoms with Gasteiger partial charge < -0.3 is 10.1 Å². The third kappa shape index (κ3) is 6.60. The predicted molar refractivity (Wildman–Crippen MR) is 136 cm³/mol. The van der Waals surface area contributed by atoms with E-state index < -0.39 is 10.0 Å². The molecular weight excluding hydrogens is 448 g/mol. The standard InChI is InChI=1S/C27H32N2O4S/c1-5-33-25-11-7-6-9-22(25)10-8-14-28-27(30)23-13-12-21(4)26(18-23)34(31,32)29-24-16-19(2)15-20(3)17-24/h6-7,9,11-13,15-18,29H,5,8,10,14H2,1-4H3,(H,28,30). The molecular formula is C27H32N2O4S. The Hall–Kier alpha value is -3.32. The smallest absolute Gasteiger partial charge is 0.262 e. The molecule has 3 aromatic carbocycles. The van der Waals surface area contributed by atoms with Crippen LogP contribution in [0.15, 0.2) is 65.6 Å². The highest BCUT2D eigenvalue weighted by atomic mass is 32.2. The van der Waals surface area contributed by atoms with Crippen LogP contribution in [0, 0.1) is 20.8 Å². The Labute approximate surface area is 202 Å². The first-order valence-electron chi connectivity index (χ1n) is 11.4. The Morgan fingerprint density at radius 1 is 0.941 bits per heavy atom. The summed E-state index contributed by atoms with van der Waals surface area (Å²) < 4.78 is 34.4. The Morgan fingerprint density at radius 2 is 1.65 bits per heavy atom. The number of rotatable bonds is 10. The lowest BCUT2D eigenvalue weighted by atomic mass is 10.1. The maximum atomic E-state index is 13.1. The highest BCUT2D eigenvalue weighted by Crippen LogP contribution is 2.23.